The molecule has 0 aliphatic heterocycles. The molecule has 4 nitrogen and oxygen atoms in total. The van der Waals surface area contributed by atoms with Gasteiger partial charge in [0.05, 0.1) is 7.11 Å². The van der Waals surface area contributed by atoms with Crippen LogP contribution in [0.5, 0.6) is 11.5 Å². The van der Waals surface area contributed by atoms with Crippen molar-refractivity contribution in [3.63, 3.8) is 0 Å². The summed E-state index contributed by atoms with van der Waals surface area (Å²) < 4.78 is 12.2. The SMILES string of the molecule is COc1cc(Cl)cc(CCN)c1OCc1cncc(Br)c1. The molecule has 0 spiro atoms. The first-order valence-corrected chi connectivity index (χ1v) is 7.60. The normalized spacial score (nSPS) is 10.5. The van der Waals surface area contributed by atoms with Crippen LogP contribution >= 0.6 is 27.5 Å². The molecule has 2 N–H and O–H groups in total. The number of ether oxygens (including phenoxy) is 2. The quantitative estimate of drug-likeness (QED) is 0.843. The number of aromatic nitrogens is 1. The summed E-state index contributed by atoms with van der Waals surface area (Å²) in [6.07, 6.45) is 4.16. The maximum atomic E-state index is 6.08. The number of halogens is 2. The van der Waals surface area contributed by atoms with E-state index in [4.69, 9.17) is 26.8 Å². The zero-order valence-electron chi connectivity index (χ0n) is 11.6. The lowest BCUT2D eigenvalue weighted by atomic mass is 10.1. The monoisotopic (exact) mass is 370 g/mol. The molecule has 0 aliphatic rings. The summed E-state index contributed by atoms with van der Waals surface area (Å²) in [7, 11) is 1.59. The fourth-order valence-electron chi connectivity index (χ4n) is 1.97. The first-order chi connectivity index (χ1) is 10.1. The molecule has 0 atom stereocenters. The molecule has 0 radical (unpaired) electrons. The molecule has 1 aromatic carbocycles. The Kier molecular flexibility index (Phi) is 5.85. The predicted octanol–water partition coefficient (Wildman–Crippen LogP) is 3.59. The highest BCUT2D eigenvalue weighted by Crippen LogP contribution is 2.35. The lowest BCUT2D eigenvalue weighted by Crippen LogP contribution is -2.07. The summed E-state index contributed by atoms with van der Waals surface area (Å²) in [5.41, 5.74) is 7.54. The van der Waals surface area contributed by atoms with Crippen LogP contribution in [0, 0.1) is 0 Å². The number of rotatable bonds is 6. The lowest BCUT2D eigenvalue weighted by molar-refractivity contribution is 0.281. The van der Waals surface area contributed by atoms with E-state index >= 15 is 0 Å². The largest absolute Gasteiger partial charge is 0.493 e. The second kappa shape index (κ2) is 7.64. The standard InChI is InChI=1S/C15H16BrClN2O2/c1-20-14-6-13(17)5-11(2-3-18)15(14)21-9-10-4-12(16)8-19-7-10/h4-8H,2-3,9,18H2,1H3. The van der Waals surface area contributed by atoms with Crippen molar-refractivity contribution in [3.8, 4) is 11.5 Å². The van der Waals surface area contributed by atoms with Crippen molar-refractivity contribution in [2.75, 3.05) is 13.7 Å². The third-order valence-electron chi connectivity index (χ3n) is 2.87. The molecule has 21 heavy (non-hydrogen) atoms. The molecule has 6 heteroatoms. The van der Waals surface area contributed by atoms with Gasteiger partial charge in [-0.25, -0.2) is 0 Å². The van der Waals surface area contributed by atoms with Crippen LogP contribution in [-0.4, -0.2) is 18.6 Å². The summed E-state index contributed by atoms with van der Waals surface area (Å²) in [4.78, 5) is 4.11. The molecule has 0 fully saturated rings. The van der Waals surface area contributed by atoms with Crippen molar-refractivity contribution < 1.29 is 9.47 Å². The van der Waals surface area contributed by atoms with Gasteiger partial charge in [0.15, 0.2) is 11.5 Å². The second-order valence-electron chi connectivity index (χ2n) is 4.44. The van der Waals surface area contributed by atoms with Crippen LogP contribution in [0.1, 0.15) is 11.1 Å². The number of nitrogens with zero attached hydrogens (tertiary/aromatic N) is 1. The van der Waals surface area contributed by atoms with Gasteiger partial charge in [-0.2, -0.15) is 0 Å². The van der Waals surface area contributed by atoms with Crippen molar-refractivity contribution in [1.29, 1.82) is 0 Å². The van der Waals surface area contributed by atoms with Gasteiger partial charge in [0.1, 0.15) is 6.61 Å². The Morgan fingerprint density at radius 2 is 2.10 bits per heavy atom. The summed E-state index contributed by atoms with van der Waals surface area (Å²) in [5, 5.41) is 0.603. The van der Waals surface area contributed by atoms with E-state index in [0.29, 0.717) is 36.1 Å². The fraction of sp³-hybridized carbons (Fsp3) is 0.267. The minimum atomic E-state index is 0.391. The average molecular weight is 372 g/mol. The maximum Gasteiger partial charge on any atom is 0.165 e. The number of benzene rings is 1. The number of methoxy groups -OCH3 is 1. The van der Waals surface area contributed by atoms with Gasteiger partial charge in [-0.1, -0.05) is 11.6 Å². The van der Waals surface area contributed by atoms with Gasteiger partial charge in [-0.15, -0.1) is 0 Å². The summed E-state index contributed by atoms with van der Waals surface area (Å²) in [6.45, 7) is 0.903. The Bertz CT molecular complexity index is 623. The Balaban J connectivity index is 2.25. The molecule has 1 aromatic heterocycles. The third-order valence-corrected chi connectivity index (χ3v) is 3.53. The molecule has 0 amide bonds. The molecule has 1 heterocycles. The minimum Gasteiger partial charge on any atom is -0.493 e. The highest BCUT2D eigenvalue weighted by atomic mass is 79.9. The predicted molar refractivity (Wildman–Crippen MR) is 87.0 cm³/mol. The van der Waals surface area contributed by atoms with Crippen LogP contribution in [0.25, 0.3) is 0 Å². The van der Waals surface area contributed by atoms with E-state index in [9.17, 15) is 0 Å². The average Bonchev–Trinajstić information content (AvgIpc) is 2.46. The van der Waals surface area contributed by atoms with Crippen LogP contribution in [-0.2, 0) is 13.0 Å². The molecule has 0 bridgehead atoms. The second-order valence-corrected chi connectivity index (χ2v) is 5.79. The van der Waals surface area contributed by atoms with Crippen LogP contribution in [0.4, 0.5) is 0 Å². The number of pyridine rings is 1. The van der Waals surface area contributed by atoms with Gasteiger partial charge in [0.2, 0.25) is 0 Å². The van der Waals surface area contributed by atoms with Gasteiger partial charge in [0, 0.05) is 39.1 Å². The number of hydrogen-bond donors (Lipinski definition) is 1. The summed E-state index contributed by atoms with van der Waals surface area (Å²) in [6, 6.07) is 5.54. The first kappa shape index (κ1) is 16.1. The lowest BCUT2D eigenvalue weighted by Gasteiger charge is -2.15. The molecule has 0 unspecified atom stereocenters. The molecule has 112 valence electrons. The van der Waals surface area contributed by atoms with Crippen molar-refractivity contribution in [3.05, 3.63) is 51.2 Å². The zero-order chi connectivity index (χ0) is 15.2. The van der Waals surface area contributed by atoms with E-state index in [-0.39, 0.29) is 0 Å². The van der Waals surface area contributed by atoms with E-state index < -0.39 is 0 Å². The molecule has 0 saturated carbocycles. The van der Waals surface area contributed by atoms with Gasteiger partial charge < -0.3 is 15.2 Å². The van der Waals surface area contributed by atoms with E-state index in [0.717, 1.165) is 15.6 Å². The van der Waals surface area contributed by atoms with Crippen molar-refractivity contribution in [1.82, 2.24) is 4.98 Å². The zero-order valence-corrected chi connectivity index (χ0v) is 13.9. The highest BCUT2D eigenvalue weighted by Gasteiger charge is 2.13. The molecule has 2 rings (SSSR count). The van der Waals surface area contributed by atoms with Gasteiger partial charge in [-0.05, 0) is 41.0 Å². The van der Waals surface area contributed by atoms with Crippen molar-refractivity contribution in [2.45, 2.75) is 13.0 Å². The van der Waals surface area contributed by atoms with Crippen LogP contribution in [0.2, 0.25) is 5.02 Å². The molecular weight excluding hydrogens is 356 g/mol. The highest BCUT2D eigenvalue weighted by molar-refractivity contribution is 9.10. The fourth-order valence-corrected chi connectivity index (χ4v) is 2.61. The maximum absolute atomic E-state index is 6.08. The smallest absolute Gasteiger partial charge is 0.165 e. The molecule has 0 aliphatic carbocycles. The number of nitrogens with two attached hydrogens (primary N) is 1. The van der Waals surface area contributed by atoms with Crippen molar-refractivity contribution >= 4 is 27.5 Å². The summed E-state index contributed by atoms with van der Waals surface area (Å²) in [5.74, 6) is 1.28. The Morgan fingerprint density at radius 1 is 1.29 bits per heavy atom. The molecule has 0 saturated heterocycles. The summed E-state index contributed by atoms with van der Waals surface area (Å²) >= 11 is 9.47. The van der Waals surface area contributed by atoms with E-state index in [2.05, 4.69) is 20.9 Å². The van der Waals surface area contributed by atoms with Gasteiger partial charge in [0.25, 0.3) is 0 Å². The number of hydrogen-bond acceptors (Lipinski definition) is 4. The molecule has 2 aromatic rings. The van der Waals surface area contributed by atoms with Crippen LogP contribution in [0.15, 0.2) is 35.1 Å². The van der Waals surface area contributed by atoms with Gasteiger partial charge >= 0.3 is 0 Å². The minimum absolute atomic E-state index is 0.391. The Morgan fingerprint density at radius 3 is 2.76 bits per heavy atom. The Labute approximate surface area is 137 Å². The van der Waals surface area contributed by atoms with E-state index in [1.54, 1.807) is 25.6 Å². The van der Waals surface area contributed by atoms with Crippen LogP contribution in [0.3, 0.4) is 0 Å². The third kappa shape index (κ3) is 4.33. The van der Waals surface area contributed by atoms with Crippen molar-refractivity contribution in [2.24, 2.45) is 5.73 Å². The van der Waals surface area contributed by atoms with E-state index in [1.165, 1.54) is 0 Å². The van der Waals surface area contributed by atoms with E-state index in [1.807, 2.05) is 12.1 Å². The topological polar surface area (TPSA) is 57.4 Å². The molecular formula is C15H16BrClN2O2. The first-order valence-electron chi connectivity index (χ1n) is 6.42. The Hall–Kier alpha value is -1.30. The van der Waals surface area contributed by atoms with Crippen LogP contribution < -0.4 is 15.2 Å². The van der Waals surface area contributed by atoms with Gasteiger partial charge in [-0.3, -0.25) is 4.98 Å².